The highest BCUT2D eigenvalue weighted by molar-refractivity contribution is 5.20. The maximum atomic E-state index is 9.41. The molecule has 4 nitrogen and oxygen atoms in total. The Hall–Kier alpha value is -1.10. The summed E-state index contributed by atoms with van der Waals surface area (Å²) in [6.45, 7) is 1.32. The van der Waals surface area contributed by atoms with Gasteiger partial charge in [-0.05, 0) is 38.4 Å². The van der Waals surface area contributed by atoms with E-state index in [1.165, 1.54) is 0 Å². The van der Waals surface area contributed by atoms with Gasteiger partial charge in [-0.2, -0.15) is 0 Å². The lowest BCUT2D eigenvalue weighted by atomic mass is 9.99. The molecule has 19 heavy (non-hydrogen) atoms. The highest BCUT2D eigenvalue weighted by Gasteiger charge is 2.37. The number of nitrogens with one attached hydrogen (secondary N) is 1. The van der Waals surface area contributed by atoms with Gasteiger partial charge in [0, 0.05) is 5.54 Å². The Morgan fingerprint density at radius 2 is 2.11 bits per heavy atom. The van der Waals surface area contributed by atoms with Crippen molar-refractivity contribution in [3.63, 3.8) is 0 Å². The minimum absolute atomic E-state index is 0.148. The van der Waals surface area contributed by atoms with Crippen molar-refractivity contribution in [2.75, 3.05) is 26.9 Å². The molecule has 106 valence electrons. The molecule has 2 rings (SSSR count). The van der Waals surface area contributed by atoms with Gasteiger partial charge in [0.1, 0.15) is 12.4 Å². The Balaban J connectivity index is 1.65. The van der Waals surface area contributed by atoms with Gasteiger partial charge < -0.3 is 19.9 Å². The lowest BCUT2D eigenvalue weighted by molar-refractivity contribution is 0.0300. The van der Waals surface area contributed by atoms with Gasteiger partial charge in [-0.25, -0.2) is 0 Å². The van der Waals surface area contributed by atoms with Crippen LogP contribution in [0, 0.1) is 0 Å². The summed E-state index contributed by atoms with van der Waals surface area (Å²) >= 11 is 0. The number of benzene rings is 1. The predicted molar refractivity (Wildman–Crippen MR) is 74.4 cm³/mol. The van der Waals surface area contributed by atoms with E-state index < -0.39 is 0 Å². The Morgan fingerprint density at radius 3 is 2.74 bits per heavy atom. The second kappa shape index (κ2) is 6.89. The van der Waals surface area contributed by atoms with Crippen LogP contribution in [0.25, 0.3) is 0 Å². The minimum Gasteiger partial charge on any atom is -0.491 e. The quantitative estimate of drug-likeness (QED) is 0.735. The third-order valence-electron chi connectivity index (χ3n) is 3.85. The zero-order valence-corrected chi connectivity index (χ0v) is 11.5. The van der Waals surface area contributed by atoms with E-state index in [0.29, 0.717) is 13.2 Å². The van der Waals surface area contributed by atoms with Crippen LogP contribution in [-0.2, 0) is 4.74 Å². The van der Waals surface area contributed by atoms with E-state index in [0.717, 1.165) is 25.0 Å². The number of para-hydroxylation sites is 1. The Morgan fingerprint density at radius 1 is 1.32 bits per heavy atom. The molecule has 0 amide bonds. The predicted octanol–water partition coefficient (Wildman–Crippen LogP) is 1.58. The second-order valence-corrected chi connectivity index (χ2v) is 5.09. The molecule has 0 bridgehead atoms. The maximum Gasteiger partial charge on any atom is 0.119 e. The topological polar surface area (TPSA) is 50.7 Å². The summed E-state index contributed by atoms with van der Waals surface area (Å²) in [6.07, 6.45) is 3.04. The normalized spacial score (nSPS) is 26.5. The largest absolute Gasteiger partial charge is 0.491 e. The summed E-state index contributed by atoms with van der Waals surface area (Å²) in [5.41, 5.74) is -0.148. The number of ether oxygens (including phenoxy) is 2. The third kappa shape index (κ3) is 3.93. The molecule has 1 aromatic carbocycles. The van der Waals surface area contributed by atoms with E-state index >= 15 is 0 Å². The number of hydrogen-bond acceptors (Lipinski definition) is 4. The lowest BCUT2D eigenvalue weighted by Gasteiger charge is -2.26. The van der Waals surface area contributed by atoms with Crippen molar-refractivity contribution in [3.8, 4) is 5.75 Å². The molecule has 4 heteroatoms. The zero-order chi connectivity index (χ0) is 13.6. The Bertz CT molecular complexity index is 365. The van der Waals surface area contributed by atoms with Crippen LogP contribution < -0.4 is 10.1 Å². The van der Waals surface area contributed by atoms with Gasteiger partial charge in [-0.3, -0.25) is 0 Å². The first-order valence-electron chi connectivity index (χ1n) is 6.87. The van der Waals surface area contributed by atoms with Crippen LogP contribution in [0.3, 0.4) is 0 Å². The SMILES string of the molecule is CNC1(CO)CCC(OCCOc2ccccc2)C1. The average molecular weight is 265 g/mol. The summed E-state index contributed by atoms with van der Waals surface area (Å²) < 4.78 is 11.4. The molecule has 1 aliphatic rings. The van der Waals surface area contributed by atoms with Crippen LogP contribution in [0.1, 0.15) is 19.3 Å². The molecule has 0 aliphatic heterocycles. The lowest BCUT2D eigenvalue weighted by Crippen LogP contribution is -2.44. The number of likely N-dealkylation sites (N-methyl/N-ethyl adjacent to an activating group) is 1. The number of rotatable bonds is 7. The van der Waals surface area contributed by atoms with Crippen molar-refractivity contribution < 1.29 is 14.6 Å². The standard InChI is InChI=1S/C15H23NO3/c1-16-15(12-17)8-7-14(11-15)19-10-9-18-13-5-3-2-4-6-13/h2-6,14,16-17H,7-12H2,1H3. The molecule has 0 saturated heterocycles. The van der Waals surface area contributed by atoms with E-state index in [-0.39, 0.29) is 18.2 Å². The number of hydrogen-bond donors (Lipinski definition) is 2. The van der Waals surface area contributed by atoms with Crippen molar-refractivity contribution in [3.05, 3.63) is 30.3 Å². The van der Waals surface area contributed by atoms with Gasteiger partial charge in [-0.1, -0.05) is 18.2 Å². The van der Waals surface area contributed by atoms with Gasteiger partial charge in [0.15, 0.2) is 0 Å². The fourth-order valence-corrected chi connectivity index (χ4v) is 2.56. The van der Waals surface area contributed by atoms with Crippen molar-refractivity contribution in [1.29, 1.82) is 0 Å². The molecule has 1 saturated carbocycles. The summed E-state index contributed by atoms with van der Waals surface area (Å²) in [4.78, 5) is 0. The second-order valence-electron chi connectivity index (χ2n) is 5.09. The Labute approximate surface area is 114 Å². The first kappa shape index (κ1) is 14.3. The van der Waals surface area contributed by atoms with E-state index in [1.807, 2.05) is 37.4 Å². The molecule has 1 fully saturated rings. The summed E-state index contributed by atoms with van der Waals surface area (Å²) in [6, 6.07) is 9.75. The first-order valence-corrected chi connectivity index (χ1v) is 6.87. The monoisotopic (exact) mass is 265 g/mol. The average Bonchev–Trinajstić information content (AvgIpc) is 2.89. The van der Waals surface area contributed by atoms with E-state index in [4.69, 9.17) is 9.47 Å². The summed E-state index contributed by atoms with van der Waals surface area (Å²) in [5.74, 6) is 0.873. The number of aliphatic hydroxyl groups is 1. The molecule has 0 radical (unpaired) electrons. The van der Waals surface area contributed by atoms with Crippen LogP contribution in [0.4, 0.5) is 0 Å². The molecule has 1 aromatic rings. The molecule has 2 N–H and O–H groups in total. The van der Waals surface area contributed by atoms with Crippen molar-refractivity contribution in [2.24, 2.45) is 0 Å². The van der Waals surface area contributed by atoms with Crippen LogP contribution >= 0.6 is 0 Å². The number of aliphatic hydroxyl groups excluding tert-OH is 1. The summed E-state index contributed by atoms with van der Waals surface area (Å²) in [5, 5.41) is 12.6. The summed E-state index contributed by atoms with van der Waals surface area (Å²) in [7, 11) is 1.90. The van der Waals surface area contributed by atoms with Crippen LogP contribution in [-0.4, -0.2) is 43.6 Å². The van der Waals surface area contributed by atoms with Crippen molar-refractivity contribution in [2.45, 2.75) is 30.9 Å². The highest BCUT2D eigenvalue weighted by Crippen LogP contribution is 2.31. The molecule has 2 atom stereocenters. The first-order chi connectivity index (χ1) is 9.28. The van der Waals surface area contributed by atoms with Crippen LogP contribution in [0.15, 0.2) is 30.3 Å². The fraction of sp³-hybridized carbons (Fsp3) is 0.600. The third-order valence-corrected chi connectivity index (χ3v) is 3.85. The van der Waals surface area contributed by atoms with Crippen LogP contribution in [0.2, 0.25) is 0 Å². The molecule has 2 unspecified atom stereocenters. The molecular formula is C15H23NO3. The van der Waals surface area contributed by atoms with Gasteiger partial charge in [0.05, 0.1) is 19.3 Å². The van der Waals surface area contributed by atoms with E-state index in [9.17, 15) is 5.11 Å². The van der Waals surface area contributed by atoms with Gasteiger partial charge in [0.25, 0.3) is 0 Å². The molecule has 0 heterocycles. The van der Waals surface area contributed by atoms with Crippen molar-refractivity contribution in [1.82, 2.24) is 5.32 Å². The molecule has 0 spiro atoms. The maximum absolute atomic E-state index is 9.41. The Kier molecular flexibility index (Phi) is 5.19. The minimum atomic E-state index is -0.148. The van der Waals surface area contributed by atoms with Gasteiger partial charge in [-0.15, -0.1) is 0 Å². The molecule has 0 aromatic heterocycles. The highest BCUT2D eigenvalue weighted by atomic mass is 16.5. The fourth-order valence-electron chi connectivity index (χ4n) is 2.56. The van der Waals surface area contributed by atoms with E-state index in [1.54, 1.807) is 0 Å². The van der Waals surface area contributed by atoms with Crippen LogP contribution in [0.5, 0.6) is 5.75 Å². The van der Waals surface area contributed by atoms with E-state index in [2.05, 4.69) is 5.32 Å². The van der Waals surface area contributed by atoms with Gasteiger partial charge >= 0.3 is 0 Å². The zero-order valence-electron chi connectivity index (χ0n) is 11.5. The van der Waals surface area contributed by atoms with Crippen molar-refractivity contribution >= 4 is 0 Å². The molecule has 1 aliphatic carbocycles. The van der Waals surface area contributed by atoms with Gasteiger partial charge in [0.2, 0.25) is 0 Å². The smallest absolute Gasteiger partial charge is 0.119 e. The molecular weight excluding hydrogens is 242 g/mol.